The van der Waals surface area contributed by atoms with Crippen molar-refractivity contribution < 1.29 is 13.6 Å². The first-order valence-corrected chi connectivity index (χ1v) is 6.56. The Kier molecular flexibility index (Phi) is 4.25. The molecule has 0 spiro atoms. The summed E-state index contributed by atoms with van der Waals surface area (Å²) in [6.07, 6.45) is 0. The van der Waals surface area contributed by atoms with Crippen molar-refractivity contribution in [2.45, 2.75) is 0 Å². The van der Waals surface area contributed by atoms with Crippen LogP contribution in [0.4, 0.5) is 20.2 Å². The van der Waals surface area contributed by atoms with Gasteiger partial charge in [-0.2, -0.15) is 0 Å². The van der Waals surface area contributed by atoms with Crippen molar-refractivity contribution in [3.63, 3.8) is 0 Å². The zero-order valence-corrected chi connectivity index (χ0v) is 12.2. The smallest absolute Gasteiger partial charge is 0.256 e. The molecule has 104 valence electrons. The summed E-state index contributed by atoms with van der Waals surface area (Å²) >= 11 is 8.78. The van der Waals surface area contributed by atoms with Crippen molar-refractivity contribution >= 4 is 44.8 Å². The summed E-state index contributed by atoms with van der Waals surface area (Å²) in [7, 11) is 0. The number of nitrogens with two attached hydrogens (primary N) is 1. The second-order valence-corrected chi connectivity index (χ2v) is 5.22. The fraction of sp³-hybridized carbons (Fsp3) is 0. The van der Waals surface area contributed by atoms with Gasteiger partial charge in [-0.3, -0.25) is 4.79 Å². The molecule has 0 fully saturated rings. The van der Waals surface area contributed by atoms with Crippen molar-refractivity contribution in [2.24, 2.45) is 0 Å². The maximum absolute atomic E-state index is 13.5. The Morgan fingerprint density at radius 1 is 1.20 bits per heavy atom. The maximum Gasteiger partial charge on any atom is 0.256 e. The summed E-state index contributed by atoms with van der Waals surface area (Å²) in [5.74, 6) is -1.92. The van der Waals surface area contributed by atoms with Gasteiger partial charge >= 0.3 is 0 Å². The number of amides is 1. The summed E-state index contributed by atoms with van der Waals surface area (Å²) in [5, 5.41) is 2.63. The van der Waals surface area contributed by atoms with Gasteiger partial charge in [0.1, 0.15) is 11.6 Å². The van der Waals surface area contributed by atoms with Crippen molar-refractivity contribution in [3.05, 3.63) is 57.0 Å². The van der Waals surface area contributed by atoms with Gasteiger partial charge in [-0.05, 0) is 46.3 Å². The van der Waals surface area contributed by atoms with E-state index in [4.69, 9.17) is 17.3 Å². The van der Waals surface area contributed by atoms with Crippen molar-refractivity contribution in [1.29, 1.82) is 0 Å². The molecule has 3 nitrogen and oxygen atoms in total. The number of nitrogens with one attached hydrogen (secondary N) is 1. The highest BCUT2D eigenvalue weighted by Crippen LogP contribution is 2.25. The third-order valence-electron chi connectivity index (χ3n) is 2.51. The Labute approximate surface area is 126 Å². The van der Waals surface area contributed by atoms with Gasteiger partial charge in [-0.15, -0.1) is 0 Å². The monoisotopic (exact) mass is 360 g/mol. The van der Waals surface area contributed by atoms with E-state index < -0.39 is 17.5 Å². The molecule has 3 N–H and O–H groups in total. The molecular weight excluding hydrogens is 354 g/mol. The molecule has 0 saturated heterocycles. The largest absolute Gasteiger partial charge is 0.396 e. The number of nitrogen functional groups attached to an aromatic ring is 1. The lowest BCUT2D eigenvalue weighted by molar-refractivity contribution is 0.102. The average Bonchev–Trinajstić information content (AvgIpc) is 2.38. The summed E-state index contributed by atoms with van der Waals surface area (Å²) in [4.78, 5) is 12.0. The van der Waals surface area contributed by atoms with Gasteiger partial charge in [-0.25, -0.2) is 8.78 Å². The van der Waals surface area contributed by atoms with E-state index >= 15 is 0 Å². The van der Waals surface area contributed by atoms with E-state index in [-0.39, 0.29) is 26.4 Å². The number of carbonyl (C=O) groups is 1. The zero-order chi connectivity index (χ0) is 14.9. The van der Waals surface area contributed by atoms with E-state index in [0.717, 1.165) is 18.2 Å². The van der Waals surface area contributed by atoms with Crippen LogP contribution in [0.15, 0.2) is 34.8 Å². The lowest BCUT2D eigenvalue weighted by Crippen LogP contribution is -2.14. The minimum absolute atomic E-state index is 0.0719. The molecule has 0 aromatic heterocycles. The Hall–Kier alpha value is -1.66. The van der Waals surface area contributed by atoms with E-state index in [1.807, 2.05) is 0 Å². The summed E-state index contributed by atoms with van der Waals surface area (Å²) < 4.78 is 26.9. The number of carbonyl (C=O) groups excluding carboxylic acids is 1. The van der Waals surface area contributed by atoms with Gasteiger partial charge in [0.2, 0.25) is 0 Å². The topological polar surface area (TPSA) is 55.1 Å². The first-order chi connectivity index (χ1) is 9.38. The summed E-state index contributed by atoms with van der Waals surface area (Å²) in [6.45, 7) is 0. The molecule has 2 rings (SSSR count). The fourth-order valence-electron chi connectivity index (χ4n) is 1.52. The predicted octanol–water partition coefficient (Wildman–Crippen LogP) is 4.22. The molecule has 20 heavy (non-hydrogen) atoms. The van der Waals surface area contributed by atoms with Gasteiger partial charge in [-0.1, -0.05) is 11.6 Å². The molecule has 0 heterocycles. The lowest BCUT2D eigenvalue weighted by Gasteiger charge is -2.09. The molecule has 0 unspecified atom stereocenters. The fourth-order valence-corrected chi connectivity index (χ4v) is 2.19. The molecule has 0 aliphatic carbocycles. The molecule has 0 atom stereocenters. The van der Waals surface area contributed by atoms with Gasteiger partial charge in [0.05, 0.1) is 16.9 Å². The number of rotatable bonds is 2. The first kappa shape index (κ1) is 14.7. The molecule has 0 radical (unpaired) electrons. The van der Waals surface area contributed by atoms with Crippen LogP contribution >= 0.6 is 27.5 Å². The molecule has 2 aromatic rings. The zero-order valence-electron chi connectivity index (χ0n) is 9.88. The number of anilines is 2. The Bertz CT molecular complexity index is 694. The summed E-state index contributed by atoms with van der Waals surface area (Å²) in [5.41, 5.74) is 5.24. The highest BCUT2D eigenvalue weighted by atomic mass is 79.9. The van der Waals surface area contributed by atoms with E-state index in [0.29, 0.717) is 0 Å². The highest BCUT2D eigenvalue weighted by Gasteiger charge is 2.15. The van der Waals surface area contributed by atoms with E-state index in [2.05, 4.69) is 21.2 Å². The second-order valence-electron chi connectivity index (χ2n) is 3.93. The molecular formula is C13H8BrClF2N2O. The number of benzene rings is 2. The second kappa shape index (κ2) is 5.76. The quantitative estimate of drug-likeness (QED) is 0.787. The normalized spacial score (nSPS) is 10.4. The molecule has 0 bridgehead atoms. The molecule has 0 saturated carbocycles. The van der Waals surface area contributed by atoms with Crippen LogP contribution < -0.4 is 11.1 Å². The molecule has 0 aliphatic rings. The van der Waals surface area contributed by atoms with Crippen LogP contribution in [0, 0.1) is 11.6 Å². The van der Waals surface area contributed by atoms with Crippen molar-refractivity contribution in [1.82, 2.24) is 0 Å². The predicted molar refractivity (Wildman–Crippen MR) is 77.9 cm³/mol. The first-order valence-electron chi connectivity index (χ1n) is 5.39. The van der Waals surface area contributed by atoms with E-state index in [9.17, 15) is 13.6 Å². The molecule has 1 amide bonds. The van der Waals surface area contributed by atoms with Crippen molar-refractivity contribution in [3.8, 4) is 0 Å². The minimum atomic E-state index is -0.651. The van der Waals surface area contributed by atoms with Crippen LogP contribution in [-0.2, 0) is 0 Å². The Morgan fingerprint density at radius 3 is 2.60 bits per heavy atom. The lowest BCUT2D eigenvalue weighted by atomic mass is 10.1. The minimum Gasteiger partial charge on any atom is -0.396 e. The van der Waals surface area contributed by atoms with Crippen LogP contribution in [0.3, 0.4) is 0 Å². The number of hydrogen-bond acceptors (Lipinski definition) is 2. The Balaban J connectivity index is 2.33. The van der Waals surface area contributed by atoms with Gasteiger partial charge in [0, 0.05) is 9.50 Å². The average molecular weight is 362 g/mol. The highest BCUT2D eigenvalue weighted by molar-refractivity contribution is 9.10. The van der Waals surface area contributed by atoms with Gasteiger partial charge < -0.3 is 11.1 Å². The summed E-state index contributed by atoms with van der Waals surface area (Å²) in [6, 6.07) is 6.00. The van der Waals surface area contributed by atoms with E-state index in [1.54, 1.807) is 0 Å². The Morgan fingerprint density at radius 2 is 1.90 bits per heavy atom. The van der Waals surface area contributed by atoms with Crippen LogP contribution in [0.5, 0.6) is 0 Å². The van der Waals surface area contributed by atoms with Crippen LogP contribution in [0.25, 0.3) is 0 Å². The third-order valence-corrected chi connectivity index (χ3v) is 3.40. The number of hydrogen-bond donors (Lipinski definition) is 2. The van der Waals surface area contributed by atoms with Gasteiger partial charge in [0.15, 0.2) is 0 Å². The van der Waals surface area contributed by atoms with E-state index in [1.165, 1.54) is 12.1 Å². The van der Waals surface area contributed by atoms with Crippen LogP contribution in [0.1, 0.15) is 10.4 Å². The SMILES string of the molecule is Nc1cc(C(=O)Nc2cc(Cl)ccc2F)c(Br)cc1F. The van der Waals surface area contributed by atoms with Crippen LogP contribution in [0.2, 0.25) is 5.02 Å². The standard InChI is InChI=1S/C13H8BrClF2N2O/c14-8-5-10(17)11(18)4-7(8)13(20)19-12-3-6(15)1-2-9(12)16/h1-5H,18H2,(H,19,20). The molecule has 7 heteroatoms. The third kappa shape index (κ3) is 3.08. The van der Waals surface area contributed by atoms with Gasteiger partial charge in [0.25, 0.3) is 5.91 Å². The van der Waals surface area contributed by atoms with Crippen molar-refractivity contribution in [2.75, 3.05) is 11.1 Å². The molecule has 0 aliphatic heterocycles. The van der Waals surface area contributed by atoms with Crippen LogP contribution in [-0.4, -0.2) is 5.91 Å². The molecule has 2 aromatic carbocycles. The maximum atomic E-state index is 13.5. The number of halogens is 4.